The third kappa shape index (κ3) is 5.87. The van der Waals surface area contributed by atoms with E-state index in [1.54, 1.807) is 0 Å². The quantitative estimate of drug-likeness (QED) is 0.538. The molecule has 0 radical (unpaired) electrons. The van der Waals surface area contributed by atoms with Crippen molar-refractivity contribution < 1.29 is 4.74 Å². The minimum Gasteiger partial charge on any atom is -0.376 e. The number of hydrogen-bond donors (Lipinski definition) is 2. The van der Waals surface area contributed by atoms with Gasteiger partial charge in [0.15, 0.2) is 0 Å². The molecule has 0 saturated carbocycles. The number of ether oxygens (including phenoxy) is 1. The summed E-state index contributed by atoms with van der Waals surface area (Å²) in [6, 6.07) is 8.87. The molecule has 1 unspecified atom stereocenters. The zero-order chi connectivity index (χ0) is 15.0. The molecule has 3 N–H and O–H groups in total. The Kier molecular flexibility index (Phi) is 7.52. The fraction of sp³-hybridized carbons (Fsp3) is 0.529. The van der Waals surface area contributed by atoms with Gasteiger partial charge >= 0.3 is 0 Å². The summed E-state index contributed by atoms with van der Waals surface area (Å²) in [5, 5.41) is 3.43. The number of nitrogens with two attached hydrogens (primary N) is 1. The lowest BCUT2D eigenvalue weighted by Gasteiger charge is -2.18. The van der Waals surface area contributed by atoms with Gasteiger partial charge in [0, 0.05) is 19.1 Å². The molecule has 0 saturated heterocycles. The molecule has 1 aromatic carbocycles. The summed E-state index contributed by atoms with van der Waals surface area (Å²) in [5.41, 5.74) is 9.48. The first-order valence-corrected chi connectivity index (χ1v) is 7.30. The summed E-state index contributed by atoms with van der Waals surface area (Å²) in [6.45, 7) is 12.8. The van der Waals surface area contributed by atoms with Crippen LogP contribution in [0.3, 0.4) is 0 Å². The zero-order valence-electron chi connectivity index (χ0n) is 13.0. The molecule has 0 amide bonds. The van der Waals surface area contributed by atoms with Gasteiger partial charge < -0.3 is 15.8 Å². The number of hydrogen-bond acceptors (Lipinski definition) is 3. The second-order valence-electron chi connectivity index (χ2n) is 5.57. The molecule has 0 spiro atoms. The fourth-order valence-electron chi connectivity index (χ4n) is 2.00. The van der Waals surface area contributed by atoms with Crippen molar-refractivity contribution >= 4 is 0 Å². The van der Waals surface area contributed by atoms with E-state index in [1.807, 2.05) is 6.92 Å². The molecule has 1 rings (SSSR count). The molecule has 0 aliphatic carbocycles. The Morgan fingerprint density at radius 2 is 1.85 bits per heavy atom. The van der Waals surface area contributed by atoms with Gasteiger partial charge in [0.05, 0.1) is 13.2 Å². The van der Waals surface area contributed by atoms with Gasteiger partial charge in [-0.3, -0.25) is 0 Å². The zero-order valence-corrected chi connectivity index (χ0v) is 13.0. The van der Waals surface area contributed by atoms with E-state index in [0.717, 1.165) is 12.1 Å². The molecule has 0 aromatic heterocycles. The topological polar surface area (TPSA) is 47.3 Å². The highest BCUT2D eigenvalue weighted by molar-refractivity contribution is 5.27. The van der Waals surface area contributed by atoms with Crippen molar-refractivity contribution in [3.8, 4) is 0 Å². The number of rotatable bonds is 9. The van der Waals surface area contributed by atoms with Gasteiger partial charge in [-0.25, -0.2) is 0 Å². The lowest BCUT2D eigenvalue weighted by atomic mass is 9.99. The maximum absolute atomic E-state index is 5.85. The van der Waals surface area contributed by atoms with Gasteiger partial charge in [0.2, 0.25) is 0 Å². The second-order valence-corrected chi connectivity index (χ2v) is 5.57. The van der Waals surface area contributed by atoms with Crippen LogP contribution in [0.15, 0.2) is 36.4 Å². The summed E-state index contributed by atoms with van der Waals surface area (Å²) in [4.78, 5) is 0. The molecule has 0 bridgehead atoms. The van der Waals surface area contributed by atoms with Crippen molar-refractivity contribution in [1.82, 2.24) is 5.32 Å². The lowest BCUT2D eigenvalue weighted by molar-refractivity contribution is 0.155. The third-order valence-corrected chi connectivity index (χ3v) is 3.23. The van der Waals surface area contributed by atoms with Crippen LogP contribution in [-0.4, -0.2) is 26.3 Å². The van der Waals surface area contributed by atoms with Crippen LogP contribution in [-0.2, 0) is 4.74 Å². The van der Waals surface area contributed by atoms with Crippen molar-refractivity contribution in [3.63, 3.8) is 0 Å². The van der Waals surface area contributed by atoms with Gasteiger partial charge in [0.1, 0.15) is 0 Å². The van der Waals surface area contributed by atoms with Crippen LogP contribution in [0, 0.1) is 0 Å². The van der Waals surface area contributed by atoms with Crippen LogP contribution in [0.2, 0.25) is 0 Å². The first kappa shape index (κ1) is 16.9. The summed E-state index contributed by atoms with van der Waals surface area (Å²) >= 11 is 0. The van der Waals surface area contributed by atoms with E-state index in [-0.39, 0.29) is 6.04 Å². The molecule has 0 heterocycles. The summed E-state index contributed by atoms with van der Waals surface area (Å²) < 4.78 is 5.47. The molecular weight excluding hydrogens is 248 g/mol. The molecule has 0 aliphatic heterocycles. The predicted octanol–water partition coefficient (Wildman–Crippen LogP) is 2.99. The van der Waals surface area contributed by atoms with Crippen LogP contribution in [0.5, 0.6) is 0 Å². The lowest BCUT2D eigenvalue weighted by Crippen LogP contribution is -2.31. The summed E-state index contributed by atoms with van der Waals surface area (Å²) in [5.74, 6) is 0.559. The fourth-order valence-corrected chi connectivity index (χ4v) is 2.00. The van der Waals surface area contributed by atoms with E-state index >= 15 is 0 Å². The number of nitrogens with one attached hydrogen (secondary N) is 1. The standard InChI is InChI=1S/C17H28N2O/c1-13(2)12-20-10-9-19-17(11-18)16-7-5-15(6-8-16)14(3)4/h5-8,14,17,19H,1,9-12,18H2,2-4H3. The van der Waals surface area contributed by atoms with Crippen LogP contribution in [0.4, 0.5) is 0 Å². The van der Waals surface area contributed by atoms with Gasteiger partial charge in [-0.15, -0.1) is 0 Å². The van der Waals surface area contributed by atoms with Crippen LogP contribution >= 0.6 is 0 Å². The summed E-state index contributed by atoms with van der Waals surface area (Å²) in [7, 11) is 0. The van der Waals surface area contributed by atoms with E-state index in [4.69, 9.17) is 10.5 Å². The Balaban J connectivity index is 2.43. The molecule has 3 nitrogen and oxygen atoms in total. The smallest absolute Gasteiger partial charge is 0.0672 e. The van der Waals surface area contributed by atoms with Crippen LogP contribution < -0.4 is 11.1 Å². The average Bonchev–Trinajstić information content (AvgIpc) is 2.42. The largest absolute Gasteiger partial charge is 0.376 e. The summed E-state index contributed by atoms with van der Waals surface area (Å²) in [6.07, 6.45) is 0. The van der Waals surface area contributed by atoms with Gasteiger partial charge in [-0.05, 0) is 24.0 Å². The van der Waals surface area contributed by atoms with E-state index in [2.05, 4.69) is 50.0 Å². The SMILES string of the molecule is C=C(C)COCCNC(CN)c1ccc(C(C)C)cc1. The van der Waals surface area contributed by atoms with Gasteiger partial charge in [-0.2, -0.15) is 0 Å². The van der Waals surface area contributed by atoms with Gasteiger partial charge in [-0.1, -0.05) is 50.3 Å². The van der Waals surface area contributed by atoms with E-state index in [9.17, 15) is 0 Å². The highest BCUT2D eigenvalue weighted by Gasteiger charge is 2.09. The van der Waals surface area contributed by atoms with Crippen molar-refractivity contribution in [2.75, 3.05) is 26.3 Å². The van der Waals surface area contributed by atoms with Crippen molar-refractivity contribution in [3.05, 3.63) is 47.5 Å². The Hall–Kier alpha value is -1.16. The average molecular weight is 276 g/mol. The highest BCUT2D eigenvalue weighted by Crippen LogP contribution is 2.18. The van der Waals surface area contributed by atoms with E-state index < -0.39 is 0 Å². The predicted molar refractivity (Wildman–Crippen MR) is 86.0 cm³/mol. The van der Waals surface area contributed by atoms with Crippen molar-refractivity contribution in [2.45, 2.75) is 32.7 Å². The Labute approximate surface area is 123 Å². The second kappa shape index (κ2) is 8.90. The maximum atomic E-state index is 5.85. The highest BCUT2D eigenvalue weighted by atomic mass is 16.5. The third-order valence-electron chi connectivity index (χ3n) is 3.23. The molecule has 0 fully saturated rings. The minimum atomic E-state index is 0.185. The van der Waals surface area contributed by atoms with E-state index in [0.29, 0.717) is 25.7 Å². The Morgan fingerprint density at radius 1 is 1.25 bits per heavy atom. The minimum absolute atomic E-state index is 0.185. The van der Waals surface area contributed by atoms with Crippen molar-refractivity contribution in [1.29, 1.82) is 0 Å². The van der Waals surface area contributed by atoms with E-state index in [1.165, 1.54) is 11.1 Å². The first-order valence-electron chi connectivity index (χ1n) is 7.30. The number of benzene rings is 1. The molecule has 1 atom stereocenters. The molecule has 0 aliphatic rings. The Morgan fingerprint density at radius 3 is 2.35 bits per heavy atom. The molecule has 1 aromatic rings. The van der Waals surface area contributed by atoms with Crippen LogP contribution in [0.25, 0.3) is 0 Å². The molecular formula is C17H28N2O. The Bertz CT molecular complexity index is 398. The molecule has 20 heavy (non-hydrogen) atoms. The normalized spacial score (nSPS) is 12.7. The molecule has 112 valence electrons. The van der Waals surface area contributed by atoms with Crippen LogP contribution in [0.1, 0.15) is 43.9 Å². The first-order chi connectivity index (χ1) is 9.54. The van der Waals surface area contributed by atoms with Gasteiger partial charge in [0.25, 0.3) is 0 Å². The van der Waals surface area contributed by atoms with Crippen molar-refractivity contribution in [2.24, 2.45) is 5.73 Å². The monoisotopic (exact) mass is 276 g/mol. The molecule has 3 heteroatoms. The maximum Gasteiger partial charge on any atom is 0.0672 e.